The van der Waals surface area contributed by atoms with Crippen LogP contribution in [-0.2, 0) is 4.74 Å². The van der Waals surface area contributed by atoms with Crippen LogP contribution in [0.4, 0.5) is 0 Å². The van der Waals surface area contributed by atoms with Crippen molar-refractivity contribution in [2.45, 2.75) is 64.7 Å². The van der Waals surface area contributed by atoms with Gasteiger partial charge in [0.15, 0.2) is 0 Å². The van der Waals surface area contributed by atoms with Crippen molar-refractivity contribution in [3.63, 3.8) is 0 Å². The number of likely N-dealkylation sites (N-methyl/N-ethyl adjacent to an activating group) is 1. The molecule has 0 radical (unpaired) electrons. The monoisotopic (exact) mass is 256 g/mol. The van der Waals surface area contributed by atoms with Crippen molar-refractivity contribution in [2.75, 3.05) is 27.2 Å². The Morgan fingerprint density at radius 2 is 1.89 bits per heavy atom. The number of rotatable bonds is 6. The summed E-state index contributed by atoms with van der Waals surface area (Å²) in [5.74, 6) is 0.571. The normalized spacial score (nSPS) is 27.7. The largest absolute Gasteiger partial charge is 0.369 e. The summed E-state index contributed by atoms with van der Waals surface area (Å²) in [5.41, 5.74) is -0.0302. The number of hydrogen-bond acceptors (Lipinski definition) is 3. The predicted octanol–water partition coefficient (Wildman–Crippen LogP) is 2.51. The summed E-state index contributed by atoms with van der Waals surface area (Å²) < 4.78 is 6.23. The molecule has 0 saturated carbocycles. The molecule has 108 valence electrons. The summed E-state index contributed by atoms with van der Waals surface area (Å²) >= 11 is 0. The van der Waals surface area contributed by atoms with Gasteiger partial charge in [0.05, 0.1) is 11.2 Å². The lowest BCUT2D eigenvalue weighted by atomic mass is 9.81. The molecule has 0 spiro atoms. The second-order valence-electron chi connectivity index (χ2n) is 7.10. The summed E-state index contributed by atoms with van der Waals surface area (Å²) in [6.07, 6.45) is 2.32. The highest BCUT2D eigenvalue weighted by atomic mass is 16.5. The summed E-state index contributed by atoms with van der Waals surface area (Å²) in [5, 5.41) is 3.71. The maximum absolute atomic E-state index is 6.23. The van der Waals surface area contributed by atoms with E-state index in [9.17, 15) is 0 Å². The van der Waals surface area contributed by atoms with Crippen LogP contribution in [0.15, 0.2) is 0 Å². The molecule has 18 heavy (non-hydrogen) atoms. The third-order valence-corrected chi connectivity index (χ3v) is 3.85. The van der Waals surface area contributed by atoms with Crippen LogP contribution in [0.1, 0.15) is 47.5 Å². The topological polar surface area (TPSA) is 24.5 Å². The Labute approximate surface area is 113 Å². The smallest absolute Gasteiger partial charge is 0.0678 e. The molecule has 0 bridgehead atoms. The maximum atomic E-state index is 6.23. The molecule has 1 heterocycles. The Hall–Kier alpha value is -0.120. The SMILES string of the molecule is CCCNC(CN(C)C)C1CC(C)(C)OC1(C)C. The molecular weight excluding hydrogens is 224 g/mol. The van der Waals surface area contributed by atoms with Gasteiger partial charge in [0.1, 0.15) is 0 Å². The minimum atomic E-state index is -0.0368. The first-order valence-corrected chi connectivity index (χ1v) is 7.26. The van der Waals surface area contributed by atoms with E-state index in [-0.39, 0.29) is 11.2 Å². The van der Waals surface area contributed by atoms with Gasteiger partial charge in [-0.25, -0.2) is 0 Å². The standard InChI is InChI=1S/C15H32N2O/c1-8-9-16-13(11-17(6)7)12-10-14(2,3)18-15(12,4)5/h12-13,16H,8-11H2,1-7H3. The predicted molar refractivity (Wildman–Crippen MR) is 78.0 cm³/mol. The van der Waals surface area contributed by atoms with Crippen molar-refractivity contribution in [2.24, 2.45) is 5.92 Å². The fraction of sp³-hybridized carbons (Fsp3) is 1.00. The van der Waals surface area contributed by atoms with Gasteiger partial charge in [-0.15, -0.1) is 0 Å². The van der Waals surface area contributed by atoms with Crippen LogP contribution in [0, 0.1) is 5.92 Å². The fourth-order valence-corrected chi connectivity index (χ4v) is 3.29. The van der Waals surface area contributed by atoms with Gasteiger partial charge < -0.3 is 15.0 Å². The average molecular weight is 256 g/mol. The van der Waals surface area contributed by atoms with Gasteiger partial charge in [-0.1, -0.05) is 6.92 Å². The van der Waals surface area contributed by atoms with Crippen LogP contribution >= 0.6 is 0 Å². The van der Waals surface area contributed by atoms with Gasteiger partial charge in [-0.2, -0.15) is 0 Å². The minimum Gasteiger partial charge on any atom is -0.369 e. The van der Waals surface area contributed by atoms with Crippen molar-refractivity contribution >= 4 is 0 Å². The first-order chi connectivity index (χ1) is 8.18. The van der Waals surface area contributed by atoms with E-state index in [1.165, 1.54) is 6.42 Å². The third kappa shape index (κ3) is 4.22. The van der Waals surface area contributed by atoms with Gasteiger partial charge in [0, 0.05) is 18.5 Å². The summed E-state index contributed by atoms with van der Waals surface area (Å²) in [7, 11) is 4.29. The second kappa shape index (κ2) is 5.89. The summed E-state index contributed by atoms with van der Waals surface area (Å²) in [6.45, 7) is 13.3. The third-order valence-electron chi connectivity index (χ3n) is 3.85. The molecule has 1 rings (SSSR count). The zero-order valence-electron chi connectivity index (χ0n) is 13.3. The molecule has 0 aromatic carbocycles. The first-order valence-electron chi connectivity index (χ1n) is 7.26. The molecule has 0 aliphatic carbocycles. The van der Waals surface area contributed by atoms with Crippen molar-refractivity contribution in [1.82, 2.24) is 10.2 Å². The van der Waals surface area contributed by atoms with E-state index in [2.05, 4.69) is 58.9 Å². The molecule has 1 aliphatic heterocycles. The molecule has 1 aliphatic rings. The minimum absolute atomic E-state index is 0.00657. The molecule has 2 unspecified atom stereocenters. The lowest BCUT2D eigenvalue weighted by molar-refractivity contribution is -0.0782. The van der Waals surface area contributed by atoms with Gasteiger partial charge in [0.2, 0.25) is 0 Å². The molecule has 1 saturated heterocycles. The quantitative estimate of drug-likeness (QED) is 0.790. The molecule has 0 amide bonds. The summed E-state index contributed by atoms with van der Waals surface area (Å²) in [6, 6.07) is 0.511. The Kier molecular flexibility index (Phi) is 5.22. The Morgan fingerprint density at radius 3 is 2.28 bits per heavy atom. The number of nitrogens with one attached hydrogen (secondary N) is 1. The molecule has 1 N–H and O–H groups in total. The second-order valence-corrected chi connectivity index (χ2v) is 7.10. The van der Waals surface area contributed by atoms with Crippen molar-refractivity contribution in [3.8, 4) is 0 Å². The van der Waals surface area contributed by atoms with Crippen LogP contribution in [-0.4, -0.2) is 49.3 Å². The molecule has 3 heteroatoms. The van der Waals surface area contributed by atoms with E-state index in [4.69, 9.17) is 4.74 Å². The van der Waals surface area contributed by atoms with Crippen LogP contribution in [0.5, 0.6) is 0 Å². The molecule has 0 aromatic heterocycles. The maximum Gasteiger partial charge on any atom is 0.0678 e. The van der Waals surface area contributed by atoms with E-state index < -0.39 is 0 Å². The Bertz CT molecular complexity index is 261. The van der Waals surface area contributed by atoms with E-state index >= 15 is 0 Å². The van der Waals surface area contributed by atoms with Crippen LogP contribution in [0.2, 0.25) is 0 Å². The molecule has 1 fully saturated rings. The van der Waals surface area contributed by atoms with Crippen LogP contribution in [0.25, 0.3) is 0 Å². The highest BCUT2D eigenvalue weighted by Crippen LogP contribution is 2.43. The zero-order chi connectivity index (χ0) is 14.0. The number of nitrogens with zero attached hydrogens (tertiary/aromatic N) is 1. The van der Waals surface area contributed by atoms with Crippen molar-refractivity contribution < 1.29 is 4.74 Å². The van der Waals surface area contributed by atoms with E-state index in [1.807, 2.05) is 0 Å². The van der Waals surface area contributed by atoms with Gasteiger partial charge in [-0.05, 0) is 61.2 Å². The molecule has 0 aromatic rings. The number of hydrogen-bond donors (Lipinski definition) is 1. The molecule has 2 atom stereocenters. The van der Waals surface area contributed by atoms with Gasteiger partial charge >= 0.3 is 0 Å². The lowest BCUT2D eigenvalue weighted by Gasteiger charge is -2.35. The van der Waals surface area contributed by atoms with E-state index in [0.717, 1.165) is 19.5 Å². The van der Waals surface area contributed by atoms with Crippen LogP contribution in [0.3, 0.4) is 0 Å². The van der Waals surface area contributed by atoms with Crippen molar-refractivity contribution in [1.29, 1.82) is 0 Å². The van der Waals surface area contributed by atoms with Crippen LogP contribution < -0.4 is 5.32 Å². The number of ether oxygens (including phenoxy) is 1. The fourth-order valence-electron chi connectivity index (χ4n) is 3.29. The first kappa shape index (κ1) is 15.9. The average Bonchev–Trinajstić information content (AvgIpc) is 2.40. The zero-order valence-corrected chi connectivity index (χ0v) is 13.3. The van der Waals surface area contributed by atoms with Gasteiger partial charge in [0.25, 0.3) is 0 Å². The van der Waals surface area contributed by atoms with E-state index in [0.29, 0.717) is 12.0 Å². The van der Waals surface area contributed by atoms with Crippen molar-refractivity contribution in [3.05, 3.63) is 0 Å². The van der Waals surface area contributed by atoms with Gasteiger partial charge in [-0.3, -0.25) is 0 Å². The highest BCUT2D eigenvalue weighted by Gasteiger charge is 2.48. The Morgan fingerprint density at radius 1 is 1.28 bits per heavy atom. The molecule has 3 nitrogen and oxygen atoms in total. The summed E-state index contributed by atoms with van der Waals surface area (Å²) in [4.78, 5) is 2.27. The van der Waals surface area contributed by atoms with E-state index in [1.54, 1.807) is 0 Å². The highest BCUT2D eigenvalue weighted by molar-refractivity contribution is 5.00. The Balaban J connectivity index is 2.77. The lowest BCUT2D eigenvalue weighted by Crippen LogP contribution is -2.49. The molecular formula is C15H32N2O.